The molecule has 1 unspecified atom stereocenters. The summed E-state index contributed by atoms with van der Waals surface area (Å²) in [5.74, 6) is 0. The van der Waals surface area contributed by atoms with Crippen LogP contribution in [-0.4, -0.2) is 52.7 Å². The summed E-state index contributed by atoms with van der Waals surface area (Å²) in [6, 6.07) is 1.21. The molecule has 1 aromatic rings. The first kappa shape index (κ1) is 14.4. The molecular formula is C12H16N2O7. The van der Waals surface area contributed by atoms with Crippen molar-refractivity contribution in [1.29, 1.82) is 0 Å². The van der Waals surface area contributed by atoms with Crippen molar-refractivity contribution in [2.24, 2.45) is 0 Å². The highest BCUT2D eigenvalue weighted by atomic mass is 16.9. The van der Waals surface area contributed by atoms with Gasteiger partial charge in [0.1, 0.15) is 18.3 Å². The van der Waals surface area contributed by atoms with E-state index in [0.29, 0.717) is 0 Å². The second-order valence-electron chi connectivity index (χ2n) is 4.98. The molecule has 0 aromatic carbocycles. The van der Waals surface area contributed by atoms with Gasteiger partial charge in [0, 0.05) is 19.4 Å². The van der Waals surface area contributed by atoms with Gasteiger partial charge in [-0.15, -0.1) is 0 Å². The minimum atomic E-state index is -0.883. The molecule has 0 aliphatic carbocycles. The first-order chi connectivity index (χ1) is 10.0. The summed E-state index contributed by atoms with van der Waals surface area (Å²) < 4.78 is 22.9. The van der Waals surface area contributed by atoms with E-state index in [0.717, 1.165) is 0 Å². The van der Waals surface area contributed by atoms with Crippen LogP contribution in [-0.2, 0) is 18.9 Å². The van der Waals surface area contributed by atoms with Crippen LogP contribution in [0.5, 0.6) is 0 Å². The number of hydrogen-bond acceptors (Lipinski definition) is 7. The minimum absolute atomic E-state index is 0.503. The molecule has 0 amide bonds. The summed E-state index contributed by atoms with van der Waals surface area (Å²) in [7, 11) is 1.42. The van der Waals surface area contributed by atoms with Crippen molar-refractivity contribution in [2.75, 3.05) is 7.11 Å². The summed E-state index contributed by atoms with van der Waals surface area (Å²) in [4.78, 5) is 25.2. The molecule has 2 fully saturated rings. The number of H-pyrrole nitrogens is 1. The van der Waals surface area contributed by atoms with Crippen molar-refractivity contribution in [3.8, 4) is 0 Å². The van der Waals surface area contributed by atoms with Crippen LogP contribution in [0, 0.1) is 0 Å². The van der Waals surface area contributed by atoms with E-state index in [2.05, 4.69) is 4.98 Å². The third kappa shape index (κ3) is 2.43. The van der Waals surface area contributed by atoms with Crippen LogP contribution in [0.1, 0.15) is 13.2 Å². The summed E-state index contributed by atoms with van der Waals surface area (Å²) >= 11 is 0. The SMILES string of the molecule is COC1O[C@H]2[C@@H](O1)[C@H](n1ccc(=O)[nH]c1=O)O[C@@H]2[C@H](C)O. The zero-order chi connectivity index (χ0) is 15.1. The molecule has 116 valence electrons. The zero-order valence-electron chi connectivity index (χ0n) is 11.5. The zero-order valence-corrected chi connectivity index (χ0v) is 11.5. The monoisotopic (exact) mass is 300 g/mol. The predicted molar refractivity (Wildman–Crippen MR) is 67.5 cm³/mol. The van der Waals surface area contributed by atoms with E-state index in [9.17, 15) is 14.7 Å². The highest BCUT2D eigenvalue weighted by molar-refractivity contribution is 4.98. The molecule has 3 rings (SSSR count). The van der Waals surface area contributed by atoms with E-state index in [4.69, 9.17) is 18.9 Å². The third-order valence-corrected chi connectivity index (χ3v) is 3.55. The average molecular weight is 300 g/mol. The van der Waals surface area contributed by atoms with Crippen molar-refractivity contribution in [3.05, 3.63) is 33.1 Å². The Labute approximate surface area is 119 Å². The maximum atomic E-state index is 11.9. The van der Waals surface area contributed by atoms with Crippen LogP contribution in [0.4, 0.5) is 0 Å². The molecule has 1 aromatic heterocycles. The molecule has 21 heavy (non-hydrogen) atoms. The maximum Gasteiger partial charge on any atom is 0.330 e. The van der Waals surface area contributed by atoms with Crippen molar-refractivity contribution in [1.82, 2.24) is 9.55 Å². The molecular weight excluding hydrogens is 284 g/mol. The van der Waals surface area contributed by atoms with E-state index in [-0.39, 0.29) is 0 Å². The van der Waals surface area contributed by atoms with Gasteiger partial charge in [0.05, 0.1) is 6.10 Å². The minimum Gasteiger partial charge on any atom is -0.391 e. The fraction of sp³-hybridized carbons (Fsp3) is 0.667. The Morgan fingerprint density at radius 3 is 2.67 bits per heavy atom. The number of aliphatic hydroxyl groups is 1. The van der Waals surface area contributed by atoms with E-state index in [1.807, 2.05) is 0 Å². The van der Waals surface area contributed by atoms with Gasteiger partial charge < -0.3 is 24.1 Å². The molecule has 0 spiro atoms. The second-order valence-corrected chi connectivity index (χ2v) is 4.98. The normalized spacial score (nSPS) is 36.6. The van der Waals surface area contributed by atoms with Crippen LogP contribution in [0.15, 0.2) is 21.9 Å². The Bertz CT molecular complexity index is 625. The Kier molecular flexibility index (Phi) is 3.68. The molecule has 2 N–H and O–H groups in total. The van der Waals surface area contributed by atoms with Gasteiger partial charge in [-0.3, -0.25) is 14.3 Å². The summed E-state index contributed by atoms with van der Waals surface area (Å²) in [6.45, 7) is 0.676. The Hall–Kier alpha value is -1.52. The van der Waals surface area contributed by atoms with Crippen LogP contribution >= 0.6 is 0 Å². The fourth-order valence-electron chi connectivity index (χ4n) is 2.60. The standard InChI is InChI=1S/C12H16N2O7/c1-5(15)7-8-9(21-12(18-2)20-8)10(19-7)14-4-3-6(16)13-11(14)17/h3-5,7-10,12,15H,1-2H3,(H,13,16,17)/t5-,7+,8+,9+,10+,12?/m0/s1. The lowest BCUT2D eigenvalue weighted by molar-refractivity contribution is -0.260. The van der Waals surface area contributed by atoms with Crippen LogP contribution in [0.25, 0.3) is 0 Å². The van der Waals surface area contributed by atoms with Gasteiger partial charge in [0.2, 0.25) is 0 Å². The molecule has 0 bridgehead atoms. The number of fused-ring (bicyclic) bond motifs is 1. The highest BCUT2D eigenvalue weighted by Gasteiger charge is 2.55. The van der Waals surface area contributed by atoms with Gasteiger partial charge in [0.25, 0.3) is 12.0 Å². The maximum absolute atomic E-state index is 11.9. The van der Waals surface area contributed by atoms with Gasteiger partial charge in [-0.1, -0.05) is 0 Å². The molecule has 2 aliphatic rings. The smallest absolute Gasteiger partial charge is 0.330 e. The predicted octanol–water partition coefficient (Wildman–Crippen LogP) is -1.47. The summed E-state index contributed by atoms with van der Waals surface area (Å²) in [5.41, 5.74) is -1.13. The summed E-state index contributed by atoms with van der Waals surface area (Å²) in [5, 5.41) is 9.79. The Morgan fingerprint density at radius 2 is 2.05 bits per heavy atom. The number of aromatic amines is 1. The molecule has 2 saturated heterocycles. The first-order valence-electron chi connectivity index (χ1n) is 6.50. The largest absolute Gasteiger partial charge is 0.391 e. The molecule has 0 saturated carbocycles. The number of rotatable bonds is 3. The Balaban J connectivity index is 1.95. The van der Waals surface area contributed by atoms with E-state index in [1.165, 1.54) is 23.9 Å². The van der Waals surface area contributed by atoms with Gasteiger partial charge in [-0.05, 0) is 6.92 Å². The van der Waals surface area contributed by atoms with Gasteiger partial charge in [0.15, 0.2) is 6.23 Å². The number of methoxy groups -OCH3 is 1. The number of aromatic nitrogens is 2. The van der Waals surface area contributed by atoms with Crippen LogP contribution in [0.3, 0.4) is 0 Å². The molecule has 9 nitrogen and oxygen atoms in total. The van der Waals surface area contributed by atoms with E-state index >= 15 is 0 Å². The van der Waals surface area contributed by atoms with Gasteiger partial charge in [-0.25, -0.2) is 4.79 Å². The lowest BCUT2D eigenvalue weighted by Gasteiger charge is -2.21. The third-order valence-electron chi connectivity index (χ3n) is 3.55. The van der Waals surface area contributed by atoms with Crippen LogP contribution < -0.4 is 11.2 Å². The van der Waals surface area contributed by atoms with E-state index < -0.39 is 48.4 Å². The lowest BCUT2D eigenvalue weighted by Crippen LogP contribution is -2.37. The topological polar surface area (TPSA) is 112 Å². The second kappa shape index (κ2) is 5.35. The van der Waals surface area contributed by atoms with Crippen molar-refractivity contribution < 1.29 is 24.1 Å². The Morgan fingerprint density at radius 1 is 1.33 bits per heavy atom. The van der Waals surface area contributed by atoms with Crippen molar-refractivity contribution in [3.63, 3.8) is 0 Å². The van der Waals surface area contributed by atoms with Gasteiger partial charge >= 0.3 is 5.69 Å². The highest BCUT2D eigenvalue weighted by Crippen LogP contribution is 2.39. The van der Waals surface area contributed by atoms with E-state index in [1.54, 1.807) is 6.92 Å². The molecule has 9 heteroatoms. The summed E-state index contributed by atoms with van der Waals surface area (Å²) in [6.07, 6.45) is -2.19. The van der Waals surface area contributed by atoms with Crippen molar-refractivity contribution in [2.45, 2.75) is 44.0 Å². The first-order valence-corrected chi connectivity index (χ1v) is 6.50. The number of ether oxygens (including phenoxy) is 4. The van der Waals surface area contributed by atoms with Crippen molar-refractivity contribution >= 4 is 0 Å². The van der Waals surface area contributed by atoms with Crippen LogP contribution in [0.2, 0.25) is 0 Å². The molecule has 6 atom stereocenters. The quantitative estimate of drug-likeness (QED) is 0.700. The van der Waals surface area contributed by atoms with Gasteiger partial charge in [-0.2, -0.15) is 0 Å². The number of aliphatic hydroxyl groups excluding tert-OH is 1. The number of nitrogens with zero attached hydrogens (tertiary/aromatic N) is 1. The number of nitrogens with one attached hydrogen (secondary N) is 1. The number of hydrogen-bond donors (Lipinski definition) is 2. The molecule has 2 aliphatic heterocycles. The average Bonchev–Trinajstić information content (AvgIpc) is 2.97. The fourth-order valence-corrected chi connectivity index (χ4v) is 2.60. The molecule has 0 radical (unpaired) electrons. The molecule has 3 heterocycles. The lowest BCUT2D eigenvalue weighted by atomic mass is 10.1.